The standard InChI is InChI=1S/C20H22O7S/c1-2-25-13-6-3-12(4-7-13)5-8-16-14(9-10-28-16)26-20-19(24)18(23)17(22)15(11-21)27-20/h1,3-4,6-7,9-10,15,17-24H,5,8,11H2. The summed E-state index contributed by atoms with van der Waals surface area (Å²) in [5.74, 6) is 1.13. The molecule has 7 nitrogen and oxygen atoms in total. The molecule has 0 radical (unpaired) electrons. The maximum Gasteiger partial charge on any atom is 0.229 e. The van der Waals surface area contributed by atoms with Gasteiger partial charge in [-0.25, -0.2) is 0 Å². The highest BCUT2D eigenvalue weighted by Gasteiger charge is 2.44. The summed E-state index contributed by atoms with van der Waals surface area (Å²) in [6, 6.07) is 9.21. The molecule has 0 aliphatic carbocycles. The molecule has 28 heavy (non-hydrogen) atoms. The fourth-order valence-electron chi connectivity index (χ4n) is 2.96. The Morgan fingerprint density at radius 3 is 2.46 bits per heavy atom. The van der Waals surface area contributed by atoms with Crippen LogP contribution < -0.4 is 9.47 Å². The third-order valence-corrected chi connectivity index (χ3v) is 5.50. The van der Waals surface area contributed by atoms with Crippen LogP contribution in [0, 0.1) is 12.5 Å². The van der Waals surface area contributed by atoms with Gasteiger partial charge in [0.05, 0.1) is 6.61 Å². The van der Waals surface area contributed by atoms with Gasteiger partial charge in [-0.2, -0.15) is 0 Å². The highest BCUT2D eigenvalue weighted by molar-refractivity contribution is 7.10. The van der Waals surface area contributed by atoms with Gasteiger partial charge >= 0.3 is 0 Å². The molecular formula is C20H22O7S. The molecule has 0 spiro atoms. The molecule has 0 bridgehead atoms. The molecule has 3 rings (SSSR count). The van der Waals surface area contributed by atoms with E-state index in [9.17, 15) is 20.4 Å². The summed E-state index contributed by atoms with van der Waals surface area (Å²) in [4.78, 5) is 0.945. The van der Waals surface area contributed by atoms with Crippen molar-refractivity contribution < 1.29 is 34.6 Å². The molecular weight excluding hydrogens is 384 g/mol. The Bertz CT molecular complexity index is 796. The number of aryl methyl sites for hydroxylation is 2. The average molecular weight is 406 g/mol. The summed E-state index contributed by atoms with van der Waals surface area (Å²) in [6.45, 7) is -0.499. The molecule has 0 saturated carbocycles. The fraction of sp³-hybridized carbons (Fsp3) is 0.400. The molecule has 1 aromatic carbocycles. The van der Waals surface area contributed by atoms with Crippen LogP contribution in [-0.2, 0) is 17.6 Å². The fourth-order valence-corrected chi connectivity index (χ4v) is 3.76. The lowest BCUT2D eigenvalue weighted by molar-refractivity contribution is -0.277. The van der Waals surface area contributed by atoms with Crippen LogP contribution in [0.15, 0.2) is 35.7 Å². The second kappa shape index (κ2) is 9.39. The van der Waals surface area contributed by atoms with Gasteiger partial charge in [0.15, 0.2) is 0 Å². The maximum atomic E-state index is 10.1. The third kappa shape index (κ3) is 4.64. The van der Waals surface area contributed by atoms with Crippen LogP contribution in [-0.4, -0.2) is 57.7 Å². The zero-order chi connectivity index (χ0) is 20.1. The Morgan fingerprint density at radius 1 is 1.04 bits per heavy atom. The molecule has 1 saturated heterocycles. The molecule has 1 aliphatic rings. The third-order valence-electron chi connectivity index (χ3n) is 4.54. The molecule has 5 atom stereocenters. The number of thiophene rings is 1. The minimum Gasteiger partial charge on any atom is -0.461 e. The lowest BCUT2D eigenvalue weighted by Gasteiger charge is -2.39. The number of ether oxygens (including phenoxy) is 3. The van der Waals surface area contributed by atoms with Crippen LogP contribution in [0.25, 0.3) is 0 Å². The second-order valence-corrected chi connectivity index (χ2v) is 7.39. The van der Waals surface area contributed by atoms with E-state index in [1.807, 2.05) is 17.5 Å². The Hall–Kier alpha value is -2.12. The van der Waals surface area contributed by atoms with Crippen molar-refractivity contribution in [3.8, 4) is 24.0 Å². The number of rotatable bonds is 7. The lowest BCUT2D eigenvalue weighted by Crippen LogP contribution is -2.60. The zero-order valence-corrected chi connectivity index (χ0v) is 15.8. The van der Waals surface area contributed by atoms with Crippen LogP contribution >= 0.6 is 11.3 Å². The van der Waals surface area contributed by atoms with Crippen LogP contribution in [0.5, 0.6) is 11.5 Å². The van der Waals surface area contributed by atoms with E-state index in [1.54, 1.807) is 18.2 Å². The smallest absolute Gasteiger partial charge is 0.229 e. The Balaban J connectivity index is 1.62. The summed E-state index contributed by atoms with van der Waals surface area (Å²) >= 11 is 1.50. The molecule has 1 fully saturated rings. The van der Waals surface area contributed by atoms with Crippen LogP contribution in [0.3, 0.4) is 0 Å². The minimum atomic E-state index is -1.47. The van der Waals surface area contributed by atoms with Crippen molar-refractivity contribution in [2.24, 2.45) is 0 Å². The Morgan fingerprint density at radius 2 is 1.79 bits per heavy atom. The second-order valence-electron chi connectivity index (χ2n) is 6.39. The number of aliphatic hydroxyl groups excluding tert-OH is 4. The first-order chi connectivity index (χ1) is 13.5. The van der Waals surface area contributed by atoms with E-state index >= 15 is 0 Å². The molecule has 0 amide bonds. The van der Waals surface area contributed by atoms with Gasteiger partial charge in [0.25, 0.3) is 0 Å². The highest BCUT2D eigenvalue weighted by Crippen LogP contribution is 2.31. The largest absolute Gasteiger partial charge is 0.461 e. The Labute approximate surface area is 166 Å². The molecule has 150 valence electrons. The van der Waals surface area contributed by atoms with Gasteiger partial charge in [-0.1, -0.05) is 18.6 Å². The van der Waals surface area contributed by atoms with Crippen LogP contribution in [0.4, 0.5) is 0 Å². The van der Waals surface area contributed by atoms with Gasteiger partial charge in [0.2, 0.25) is 6.29 Å². The van der Waals surface area contributed by atoms with Gasteiger partial charge in [-0.15, -0.1) is 11.3 Å². The molecule has 2 heterocycles. The van der Waals surface area contributed by atoms with E-state index < -0.39 is 37.3 Å². The van der Waals surface area contributed by atoms with E-state index in [2.05, 4.69) is 6.11 Å². The van der Waals surface area contributed by atoms with Crippen molar-refractivity contribution in [2.75, 3.05) is 6.61 Å². The monoisotopic (exact) mass is 406 g/mol. The molecule has 2 aromatic rings. The predicted octanol–water partition coefficient (Wildman–Crippen LogP) is 0.681. The molecule has 4 N–H and O–H groups in total. The molecule has 5 unspecified atom stereocenters. The molecule has 1 aliphatic heterocycles. The van der Waals surface area contributed by atoms with Crippen molar-refractivity contribution in [3.05, 3.63) is 46.2 Å². The van der Waals surface area contributed by atoms with Crippen molar-refractivity contribution >= 4 is 11.3 Å². The van der Waals surface area contributed by atoms with Crippen molar-refractivity contribution in [1.82, 2.24) is 0 Å². The van der Waals surface area contributed by atoms with E-state index in [0.29, 0.717) is 17.9 Å². The van der Waals surface area contributed by atoms with Crippen LogP contribution in [0.1, 0.15) is 10.4 Å². The quantitative estimate of drug-likeness (QED) is 0.501. The normalized spacial score (nSPS) is 27.2. The van der Waals surface area contributed by atoms with E-state index in [4.69, 9.17) is 20.6 Å². The molecule has 8 heteroatoms. The van der Waals surface area contributed by atoms with Gasteiger partial charge in [-0.3, -0.25) is 0 Å². The number of aliphatic hydroxyl groups is 4. The Kier molecular flexibility index (Phi) is 6.91. The first kappa shape index (κ1) is 20.6. The lowest BCUT2D eigenvalue weighted by atomic mass is 9.99. The van der Waals surface area contributed by atoms with Crippen molar-refractivity contribution in [1.29, 1.82) is 0 Å². The number of benzene rings is 1. The summed E-state index contributed by atoms with van der Waals surface area (Å²) in [5, 5.41) is 41.0. The highest BCUT2D eigenvalue weighted by atomic mass is 32.1. The average Bonchev–Trinajstić information content (AvgIpc) is 3.15. The SMILES string of the molecule is C#COc1ccc(CCc2sccc2OC2OC(CO)C(O)C(O)C2O)cc1. The minimum absolute atomic E-state index is 0.499. The summed E-state index contributed by atoms with van der Waals surface area (Å²) < 4.78 is 16.1. The van der Waals surface area contributed by atoms with Gasteiger partial charge < -0.3 is 34.6 Å². The van der Waals surface area contributed by atoms with Gasteiger partial charge in [0.1, 0.15) is 42.0 Å². The topological polar surface area (TPSA) is 109 Å². The first-order valence-corrected chi connectivity index (χ1v) is 9.66. The van der Waals surface area contributed by atoms with Crippen molar-refractivity contribution in [2.45, 2.75) is 43.5 Å². The van der Waals surface area contributed by atoms with Crippen LogP contribution in [0.2, 0.25) is 0 Å². The van der Waals surface area contributed by atoms with Gasteiger partial charge in [0, 0.05) is 4.88 Å². The summed E-state index contributed by atoms with van der Waals surface area (Å²) in [5.41, 5.74) is 1.09. The zero-order valence-electron chi connectivity index (χ0n) is 15.0. The predicted molar refractivity (Wildman–Crippen MR) is 102 cm³/mol. The van der Waals surface area contributed by atoms with E-state index in [0.717, 1.165) is 16.9 Å². The van der Waals surface area contributed by atoms with E-state index in [-0.39, 0.29) is 0 Å². The number of hydrogen-bond donors (Lipinski definition) is 4. The maximum absolute atomic E-state index is 10.1. The van der Waals surface area contributed by atoms with Gasteiger partial charge in [-0.05, 0) is 42.0 Å². The summed E-state index contributed by atoms with van der Waals surface area (Å²) in [7, 11) is 0. The summed E-state index contributed by atoms with van der Waals surface area (Å²) in [6.07, 6.45) is 2.16. The first-order valence-electron chi connectivity index (χ1n) is 8.78. The van der Waals surface area contributed by atoms with Crippen molar-refractivity contribution in [3.63, 3.8) is 0 Å². The number of hydrogen-bond acceptors (Lipinski definition) is 8. The molecule has 1 aromatic heterocycles. The number of terminal acetylenes is 1. The van der Waals surface area contributed by atoms with E-state index in [1.165, 1.54) is 11.3 Å².